The maximum absolute atomic E-state index is 13.9. The molecule has 0 aromatic carbocycles. The first-order valence-electron chi connectivity index (χ1n) is 17.9. The minimum atomic E-state index is -3.06. The Bertz CT molecular complexity index is 1660. The highest BCUT2D eigenvalue weighted by Gasteiger charge is 2.57. The van der Waals surface area contributed by atoms with Crippen molar-refractivity contribution in [1.29, 1.82) is 0 Å². The first-order valence-corrected chi connectivity index (χ1v) is 20.8. The first kappa shape index (κ1) is 40.8. The molecule has 2 saturated heterocycles. The van der Waals surface area contributed by atoms with Crippen molar-refractivity contribution in [2.75, 3.05) is 38.6 Å². The molecule has 1 aliphatic carbocycles. The van der Waals surface area contributed by atoms with Gasteiger partial charge in [0.15, 0.2) is 23.5 Å². The van der Waals surface area contributed by atoms with Gasteiger partial charge < -0.3 is 37.7 Å². The average Bonchev–Trinajstić information content (AvgIpc) is 3.77. The maximum Gasteiger partial charge on any atom is 0.416 e. The van der Waals surface area contributed by atoms with E-state index in [0.717, 1.165) is 25.7 Å². The van der Waals surface area contributed by atoms with E-state index in [2.05, 4.69) is 15.1 Å². The van der Waals surface area contributed by atoms with Crippen molar-refractivity contribution < 1.29 is 47.3 Å². The van der Waals surface area contributed by atoms with E-state index in [1.807, 2.05) is 20.8 Å². The van der Waals surface area contributed by atoms with Crippen LogP contribution in [0.3, 0.4) is 0 Å². The Hall–Kier alpha value is -2.39. The molecule has 1 amide bonds. The van der Waals surface area contributed by atoms with Crippen LogP contribution in [0.15, 0.2) is 6.20 Å². The molecule has 0 spiro atoms. The second-order valence-corrected chi connectivity index (χ2v) is 20.5. The molecule has 4 heterocycles. The molecule has 2 aromatic heterocycles. The molecule has 3 fully saturated rings. The van der Waals surface area contributed by atoms with Crippen molar-refractivity contribution in [1.82, 2.24) is 19.7 Å². The summed E-state index contributed by atoms with van der Waals surface area (Å²) in [6, 6.07) is -0.135. The van der Waals surface area contributed by atoms with Crippen molar-refractivity contribution in [2.45, 2.75) is 147 Å². The van der Waals surface area contributed by atoms with E-state index >= 15 is 0 Å². The molecule has 15 nitrogen and oxygen atoms in total. The molecular weight excluding hydrogens is 717 g/mol. The molecule has 2 aliphatic heterocycles. The number of rotatable bonds is 12. The third kappa shape index (κ3) is 9.10. The van der Waals surface area contributed by atoms with E-state index in [0.29, 0.717) is 16.9 Å². The van der Waals surface area contributed by atoms with Gasteiger partial charge in [0.25, 0.3) is 0 Å². The van der Waals surface area contributed by atoms with E-state index < -0.39 is 66.1 Å². The lowest BCUT2D eigenvalue weighted by molar-refractivity contribution is -0.207. The van der Waals surface area contributed by atoms with Gasteiger partial charge in [0.05, 0.1) is 24.8 Å². The van der Waals surface area contributed by atoms with E-state index in [1.165, 1.54) is 7.11 Å². The molecule has 1 saturated carbocycles. The minimum absolute atomic E-state index is 0.0235. The van der Waals surface area contributed by atoms with Gasteiger partial charge in [0.1, 0.15) is 42.0 Å². The fourth-order valence-corrected chi connectivity index (χ4v) is 8.68. The first-order chi connectivity index (χ1) is 24.0. The van der Waals surface area contributed by atoms with Crippen molar-refractivity contribution in [2.24, 2.45) is 0 Å². The Morgan fingerprint density at radius 1 is 1.04 bits per heavy atom. The van der Waals surface area contributed by atoms with Crippen LogP contribution in [0.2, 0.25) is 5.28 Å². The Balaban J connectivity index is 1.47. The quantitative estimate of drug-likeness (QED) is 0.128. The molecule has 17 heteroatoms. The normalized spacial score (nSPS) is 24.9. The second-order valence-electron chi connectivity index (χ2n) is 16.7. The summed E-state index contributed by atoms with van der Waals surface area (Å²) < 4.78 is 58.2. The van der Waals surface area contributed by atoms with E-state index in [1.54, 1.807) is 63.7 Å². The van der Waals surface area contributed by atoms with Gasteiger partial charge in [-0.2, -0.15) is 15.1 Å². The van der Waals surface area contributed by atoms with Crippen LogP contribution < -0.4 is 4.90 Å². The number of carbonyl (C=O) groups is 2. The van der Waals surface area contributed by atoms with Crippen molar-refractivity contribution in [3.8, 4) is 0 Å². The highest BCUT2D eigenvalue weighted by Crippen LogP contribution is 2.56. The number of aromatic nitrogens is 4. The Kier molecular flexibility index (Phi) is 11.8. The number of esters is 1. The lowest BCUT2D eigenvalue weighted by Gasteiger charge is -2.38. The fraction of sp³-hybridized carbons (Fsp3) is 0.800. The number of ether oxygens (including phenoxy) is 7. The number of anilines is 1. The topological polar surface area (TPSA) is 163 Å². The maximum atomic E-state index is 13.9. The van der Waals surface area contributed by atoms with Crippen molar-refractivity contribution in [3.05, 3.63) is 11.5 Å². The number of hydrogen-bond acceptors (Lipinski definition) is 13. The standard InChI is InChI=1S/C35H55ClN5O10P/c1-32(2,3)48-24(42)16-17-35(20-45-9,52(10,11)44)46-19-23-25-26(50-34(7,8)49-25)29(47-23)41-28-22(18-37-41)27(38-30(36)39-28)40(21-14-12-13-15-21)31(43)51-33(4,5)6/h18,21,23,25-26,29H,12-17,19-20H2,1-11H3/t23-,25-,26-,29-,35?/m1/s1. The monoisotopic (exact) mass is 771 g/mol. The summed E-state index contributed by atoms with van der Waals surface area (Å²) in [7, 11) is -1.57. The predicted molar refractivity (Wildman–Crippen MR) is 194 cm³/mol. The van der Waals surface area contributed by atoms with Gasteiger partial charge >= 0.3 is 12.1 Å². The Labute approximate surface area is 311 Å². The SMILES string of the molecule is COCC(CCC(=O)OC(C)(C)C)(OC[C@H]1O[C@@H](n2ncc3c(N(C(=O)OC(C)(C)C)C4CCCC4)nc(Cl)nc32)[C@@H]2OC(C)(C)O[C@@H]21)P(C)(C)=O. The zero-order valence-corrected chi connectivity index (χ0v) is 33.9. The molecular formula is C35H55ClN5O10P. The number of nitrogens with zero attached hydrogens (tertiary/aromatic N) is 5. The van der Waals surface area contributed by atoms with Crippen LogP contribution in [0.5, 0.6) is 0 Å². The molecule has 52 heavy (non-hydrogen) atoms. The van der Waals surface area contributed by atoms with Crippen LogP contribution in [0, 0.1) is 0 Å². The van der Waals surface area contributed by atoms with Gasteiger partial charge in [-0.3, -0.25) is 9.69 Å². The van der Waals surface area contributed by atoms with Gasteiger partial charge in [0.2, 0.25) is 5.28 Å². The molecule has 0 radical (unpaired) electrons. The largest absolute Gasteiger partial charge is 0.460 e. The smallest absolute Gasteiger partial charge is 0.416 e. The summed E-state index contributed by atoms with van der Waals surface area (Å²) in [4.78, 5) is 37.1. The molecule has 5 atom stereocenters. The Morgan fingerprint density at radius 3 is 2.27 bits per heavy atom. The highest BCUT2D eigenvalue weighted by molar-refractivity contribution is 7.63. The van der Waals surface area contributed by atoms with Gasteiger partial charge in [-0.05, 0) is 99.6 Å². The molecule has 2 aromatic rings. The zero-order chi connectivity index (χ0) is 38.4. The Morgan fingerprint density at radius 2 is 1.67 bits per heavy atom. The van der Waals surface area contributed by atoms with Crippen molar-refractivity contribution >= 4 is 47.7 Å². The number of methoxy groups -OCH3 is 1. The number of amides is 1. The number of carbonyl (C=O) groups excluding carboxylic acids is 2. The number of halogens is 1. The minimum Gasteiger partial charge on any atom is -0.460 e. The van der Waals surface area contributed by atoms with Crippen LogP contribution in [-0.2, 0) is 42.5 Å². The third-order valence-corrected chi connectivity index (χ3v) is 11.9. The van der Waals surface area contributed by atoms with Crippen LogP contribution in [0.1, 0.15) is 100 Å². The van der Waals surface area contributed by atoms with Gasteiger partial charge in [-0.1, -0.05) is 12.8 Å². The summed E-state index contributed by atoms with van der Waals surface area (Å²) in [5.41, 5.74) is -1.07. The summed E-state index contributed by atoms with van der Waals surface area (Å²) in [5, 5.41) is 3.77. The predicted octanol–water partition coefficient (Wildman–Crippen LogP) is 6.69. The third-order valence-electron chi connectivity index (χ3n) is 9.29. The van der Waals surface area contributed by atoms with Crippen LogP contribution in [-0.4, -0.2) is 112 Å². The molecule has 1 unspecified atom stereocenters. The second kappa shape index (κ2) is 15.0. The van der Waals surface area contributed by atoms with Gasteiger partial charge in [-0.15, -0.1) is 0 Å². The van der Waals surface area contributed by atoms with Crippen LogP contribution in [0.4, 0.5) is 10.6 Å². The van der Waals surface area contributed by atoms with E-state index in [9.17, 15) is 14.2 Å². The van der Waals surface area contributed by atoms with Gasteiger partial charge in [-0.25, -0.2) is 9.48 Å². The summed E-state index contributed by atoms with van der Waals surface area (Å²) in [6.07, 6.45) is 1.81. The molecule has 0 bridgehead atoms. The van der Waals surface area contributed by atoms with Crippen LogP contribution in [0.25, 0.3) is 11.0 Å². The van der Waals surface area contributed by atoms with E-state index in [4.69, 9.17) is 44.8 Å². The zero-order valence-electron chi connectivity index (χ0n) is 32.3. The summed E-state index contributed by atoms with van der Waals surface area (Å²) >= 11 is 6.56. The average molecular weight is 772 g/mol. The number of hydrogen-bond donors (Lipinski definition) is 0. The molecule has 3 aliphatic rings. The van der Waals surface area contributed by atoms with Crippen molar-refractivity contribution in [3.63, 3.8) is 0 Å². The highest BCUT2D eigenvalue weighted by atomic mass is 35.5. The molecule has 292 valence electrons. The summed E-state index contributed by atoms with van der Waals surface area (Å²) in [5.74, 6) is -1.10. The number of fused-ring (bicyclic) bond motifs is 2. The van der Waals surface area contributed by atoms with Crippen LogP contribution >= 0.6 is 18.7 Å². The lowest BCUT2D eigenvalue weighted by Crippen LogP contribution is -2.43. The molecule has 5 rings (SSSR count). The fourth-order valence-electron chi connectivity index (χ4n) is 7.05. The lowest BCUT2D eigenvalue weighted by atomic mass is 10.1. The van der Waals surface area contributed by atoms with Gasteiger partial charge in [0, 0.05) is 19.6 Å². The molecule has 0 N–H and O–H groups in total. The summed E-state index contributed by atoms with van der Waals surface area (Å²) in [6.45, 7) is 17.6. The van der Waals surface area contributed by atoms with E-state index in [-0.39, 0.29) is 37.4 Å².